The third-order valence-electron chi connectivity index (χ3n) is 3.80. The number of nitrogens with one attached hydrogen (secondary N) is 1. The second-order valence-electron chi connectivity index (χ2n) is 5.15. The van der Waals surface area contributed by atoms with Crippen LogP contribution in [0, 0.1) is 5.82 Å². The number of hydrogen-bond acceptors (Lipinski definition) is 3. The van der Waals surface area contributed by atoms with E-state index in [1.54, 1.807) is 0 Å². The van der Waals surface area contributed by atoms with Crippen molar-refractivity contribution in [2.24, 2.45) is 0 Å². The molecular weight excluding hydrogens is 265 g/mol. The van der Waals surface area contributed by atoms with Crippen LogP contribution in [0.4, 0.5) is 4.39 Å². The monoisotopic (exact) mass is 281 g/mol. The van der Waals surface area contributed by atoms with Crippen molar-refractivity contribution in [3.63, 3.8) is 0 Å². The average Bonchev–Trinajstić information content (AvgIpc) is 2.85. The van der Waals surface area contributed by atoms with Gasteiger partial charge in [-0.25, -0.2) is 12.8 Å². The molecule has 19 heavy (non-hydrogen) atoms. The minimum atomic E-state index is -3.25. The lowest BCUT2D eigenvalue weighted by Gasteiger charge is -2.29. The molecule has 1 unspecified atom stereocenters. The summed E-state index contributed by atoms with van der Waals surface area (Å²) in [5, 5.41) is 3.45. The van der Waals surface area contributed by atoms with Crippen molar-refractivity contribution in [1.29, 1.82) is 0 Å². The van der Waals surface area contributed by atoms with E-state index in [2.05, 4.69) is 17.5 Å². The molecule has 0 saturated carbocycles. The summed E-state index contributed by atoms with van der Waals surface area (Å²) in [5.41, 5.74) is 0.582. The van der Waals surface area contributed by atoms with E-state index in [0.717, 1.165) is 12.8 Å². The minimum absolute atomic E-state index is 0.0703. The molecule has 0 saturated heterocycles. The summed E-state index contributed by atoms with van der Waals surface area (Å²) in [6, 6.07) is 4.23. The van der Waals surface area contributed by atoms with Crippen LogP contribution < -0.4 is 5.32 Å². The highest BCUT2D eigenvalue weighted by Gasteiger charge is 2.31. The lowest BCUT2D eigenvalue weighted by molar-refractivity contribution is 0.424. The largest absolute Gasteiger partial charge is 0.306 e. The molecule has 1 aliphatic carbocycles. The molecule has 2 aliphatic rings. The Balaban J connectivity index is 1.94. The van der Waals surface area contributed by atoms with Crippen LogP contribution in [0.15, 0.2) is 35.2 Å². The fourth-order valence-corrected chi connectivity index (χ4v) is 4.43. The first-order chi connectivity index (χ1) is 9.06. The van der Waals surface area contributed by atoms with Crippen molar-refractivity contribution < 1.29 is 12.8 Å². The number of fused-ring (bicyclic) bond motifs is 1. The van der Waals surface area contributed by atoms with Gasteiger partial charge in [0.1, 0.15) is 5.82 Å². The highest BCUT2D eigenvalue weighted by Crippen LogP contribution is 2.33. The molecule has 1 aromatic rings. The second kappa shape index (κ2) is 4.72. The summed E-state index contributed by atoms with van der Waals surface area (Å²) in [7, 11) is -3.25. The predicted octanol–water partition coefficient (Wildman–Crippen LogP) is 2.35. The lowest BCUT2D eigenvalue weighted by Crippen LogP contribution is -2.35. The zero-order valence-corrected chi connectivity index (χ0v) is 11.3. The highest BCUT2D eigenvalue weighted by molar-refractivity contribution is 7.91. The molecule has 0 amide bonds. The Kier molecular flexibility index (Phi) is 3.19. The Hall–Kier alpha value is -1.20. The first-order valence-electron chi connectivity index (χ1n) is 6.49. The molecule has 102 valence electrons. The van der Waals surface area contributed by atoms with E-state index in [4.69, 9.17) is 0 Å². The molecular formula is C14H16FNO2S. The minimum Gasteiger partial charge on any atom is -0.306 e. The van der Waals surface area contributed by atoms with Gasteiger partial charge in [0.2, 0.25) is 0 Å². The van der Waals surface area contributed by atoms with Crippen molar-refractivity contribution >= 4 is 9.84 Å². The maximum Gasteiger partial charge on any atom is 0.178 e. The van der Waals surface area contributed by atoms with E-state index in [9.17, 15) is 12.8 Å². The van der Waals surface area contributed by atoms with Gasteiger partial charge in [0.15, 0.2) is 9.84 Å². The number of halogens is 1. The first kappa shape index (κ1) is 12.8. The third kappa shape index (κ3) is 2.44. The summed E-state index contributed by atoms with van der Waals surface area (Å²) in [6.07, 6.45) is 6.64. The zero-order chi connectivity index (χ0) is 13.5. The van der Waals surface area contributed by atoms with Gasteiger partial charge < -0.3 is 5.32 Å². The van der Waals surface area contributed by atoms with Gasteiger partial charge in [-0.15, -0.1) is 0 Å². The molecule has 1 N–H and O–H groups in total. The van der Waals surface area contributed by atoms with Crippen LogP contribution in [0.25, 0.3) is 0 Å². The van der Waals surface area contributed by atoms with Crippen molar-refractivity contribution in [3.05, 3.63) is 41.7 Å². The Morgan fingerprint density at radius 1 is 1.21 bits per heavy atom. The maximum absolute atomic E-state index is 13.4. The van der Waals surface area contributed by atoms with E-state index >= 15 is 0 Å². The van der Waals surface area contributed by atoms with Crippen LogP contribution in [0.2, 0.25) is 0 Å². The van der Waals surface area contributed by atoms with Gasteiger partial charge >= 0.3 is 0 Å². The van der Waals surface area contributed by atoms with Gasteiger partial charge in [-0.05, 0) is 43.0 Å². The molecule has 1 heterocycles. The van der Waals surface area contributed by atoms with Gasteiger partial charge in [0.25, 0.3) is 0 Å². The lowest BCUT2D eigenvalue weighted by atomic mass is 10.0. The van der Waals surface area contributed by atoms with Crippen LogP contribution >= 0.6 is 0 Å². The van der Waals surface area contributed by atoms with Crippen LogP contribution in [-0.4, -0.2) is 20.2 Å². The van der Waals surface area contributed by atoms with E-state index in [1.165, 1.54) is 18.2 Å². The van der Waals surface area contributed by atoms with Gasteiger partial charge in [0.05, 0.1) is 10.6 Å². The van der Waals surface area contributed by atoms with E-state index in [0.29, 0.717) is 18.0 Å². The number of sulfone groups is 1. The second-order valence-corrected chi connectivity index (χ2v) is 7.23. The number of benzene rings is 1. The zero-order valence-electron chi connectivity index (χ0n) is 10.5. The van der Waals surface area contributed by atoms with Gasteiger partial charge in [-0.1, -0.05) is 12.2 Å². The maximum atomic E-state index is 13.4. The van der Waals surface area contributed by atoms with Gasteiger partial charge in [-0.2, -0.15) is 0 Å². The number of rotatable bonds is 2. The number of hydrogen-bond donors (Lipinski definition) is 1. The van der Waals surface area contributed by atoms with Crippen molar-refractivity contribution in [3.8, 4) is 0 Å². The fraction of sp³-hybridized carbons (Fsp3) is 0.429. The van der Waals surface area contributed by atoms with Crippen molar-refractivity contribution in [2.75, 3.05) is 5.75 Å². The molecule has 0 spiro atoms. The van der Waals surface area contributed by atoms with Crippen LogP contribution in [-0.2, 0) is 9.84 Å². The normalized spacial score (nSPS) is 25.4. The molecule has 5 heteroatoms. The van der Waals surface area contributed by atoms with Crippen LogP contribution in [0.3, 0.4) is 0 Å². The Bertz CT molecular complexity index is 616. The van der Waals surface area contributed by atoms with Crippen molar-refractivity contribution in [1.82, 2.24) is 5.32 Å². The smallest absolute Gasteiger partial charge is 0.178 e. The third-order valence-corrected chi connectivity index (χ3v) is 5.62. The van der Waals surface area contributed by atoms with E-state index in [1.807, 2.05) is 0 Å². The standard InChI is InChI=1S/C14H16FNO2S/c15-10-5-6-14-12(9-10)13(7-8-19(14,17)18)16-11-3-1-2-4-11/h1-2,5-6,9,11,13,16H,3-4,7-8H2. The molecule has 3 nitrogen and oxygen atoms in total. The molecule has 0 radical (unpaired) electrons. The summed E-state index contributed by atoms with van der Waals surface area (Å²) in [5.74, 6) is -0.254. The molecule has 0 fully saturated rings. The van der Waals surface area contributed by atoms with E-state index < -0.39 is 9.84 Å². The quantitative estimate of drug-likeness (QED) is 0.668. The molecule has 3 rings (SSSR count). The van der Waals surface area contributed by atoms with Crippen LogP contribution in [0.1, 0.15) is 30.9 Å². The molecule has 0 aromatic heterocycles. The summed E-state index contributed by atoms with van der Waals surface area (Å²) < 4.78 is 37.4. The molecule has 1 atom stereocenters. The van der Waals surface area contributed by atoms with Gasteiger partial charge in [-0.3, -0.25) is 0 Å². The van der Waals surface area contributed by atoms with E-state index in [-0.39, 0.29) is 22.5 Å². The van der Waals surface area contributed by atoms with Gasteiger partial charge in [0, 0.05) is 12.1 Å². The average molecular weight is 281 g/mol. The summed E-state index contributed by atoms with van der Waals surface area (Å²) >= 11 is 0. The predicted molar refractivity (Wildman–Crippen MR) is 71.1 cm³/mol. The molecule has 1 aliphatic heterocycles. The summed E-state index contributed by atoms with van der Waals surface area (Å²) in [6.45, 7) is 0. The van der Waals surface area contributed by atoms with Crippen molar-refractivity contribution in [2.45, 2.75) is 36.2 Å². The Morgan fingerprint density at radius 3 is 2.68 bits per heavy atom. The topological polar surface area (TPSA) is 46.2 Å². The fourth-order valence-electron chi connectivity index (χ4n) is 2.82. The summed E-state index contributed by atoms with van der Waals surface area (Å²) in [4.78, 5) is 0.281. The Labute approximate surface area is 112 Å². The first-order valence-corrected chi connectivity index (χ1v) is 8.15. The Morgan fingerprint density at radius 2 is 1.95 bits per heavy atom. The SMILES string of the molecule is O=S1(=O)CCC(NC2CC=CC2)c2cc(F)ccc21. The highest BCUT2D eigenvalue weighted by atomic mass is 32.2. The molecule has 1 aromatic carbocycles. The van der Waals surface area contributed by atoms with Crippen LogP contribution in [0.5, 0.6) is 0 Å². The molecule has 0 bridgehead atoms.